The first-order valence-electron chi connectivity index (χ1n) is 9.91. The van der Waals surface area contributed by atoms with E-state index in [0.717, 1.165) is 10.5 Å². The van der Waals surface area contributed by atoms with E-state index >= 15 is 0 Å². The second-order valence-electron chi connectivity index (χ2n) is 7.04. The van der Waals surface area contributed by atoms with Crippen LogP contribution in [0.1, 0.15) is 27.9 Å². The van der Waals surface area contributed by atoms with Gasteiger partial charge < -0.3 is 16.0 Å². The van der Waals surface area contributed by atoms with Crippen molar-refractivity contribution in [3.8, 4) is 0 Å². The van der Waals surface area contributed by atoms with Crippen LogP contribution in [0.5, 0.6) is 0 Å². The van der Waals surface area contributed by atoms with Crippen molar-refractivity contribution in [3.63, 3.8) is 0 Å². The molecule has 0 aromatic carbocycles. The molecule has 32 heavy (non-hydrogen) atoms. The van der Waals surface area contributed by atoms with Gasteiger partial charge in [-0.1, -0.05) is 18.2 Å². The summed E-state index contributed by atoms with van der Waals surface area (Å²) in [6.07, 6.45) is 9.57. The average molecular weight is 464 g/mol. The highest BCUT2D eigenvalue weighted by Gasteiger charge is 2.19. The van der Waals surface area contributed by atoms with Crippen molar-refractivity contribution >= 4 is 46.5 Å². The van der Waals surface area contributed by atoms with Crippen molar-refractivity contribution in [2.75, 3.05) is 5.32 Å². The Labute approximate surface area is 193 Å². The number of anilines is 1. The van der Waals surface area contributed by atoms with E-state index in [1.807, 2.05) is 42.0 Å². The van der Waals surface area contributed by atoms with Crippen LogP contribution in [0.4, 0.5) is 5.95 Å². The van der Waals surface area contributed by atoms with Crippen molar-refractivity contribution in [1.29, 1.82) is 0 Å². The molecule has 0 fully saturated rings. The molecule has 3 aromatic rings. The van der Waals surface area contributed by atoms with Gasteiger partial charge in [-0.15, -0.1) is 22.7 Å². The molecule has 162 valence electrons. The fourth-order valence-electron chi connectivity index (χ4n) is 3.10. The lowest BCUT2D eigenvalue weighted by atomic mass is 9.99. The Bertz CT molecular complexity index is 1170. The first-order valence-corrected chi connectivity index (χ1v) is 11.7. The topological polar surface area (TPSA) is 96.0 Å². The minimum Gasteiger partial charge on any atom is -0.348 e. The Morgan fingerprint density at radius 2 is 1.88 bits per heavy atom. The number of thiophene rings is 2. The third kappa shape index (κ3) is 5.57. The van der Waals surface area contributed by atoms with Crippen LogP contribution < -0.4 is 16.0 Å². The molecule has 4 rings (SSSR count). The van der Waals surface area contributed by atoms with Crippen LogP contribution in [0.3, 0.4) is 0 Å². The zero-order valence-electron chi connectivity index (χ0n) is 17.2. The Kier molecular flexibility index (Phi) is 6.88. The van der Waals surface area contributed by atoms with Crippen LogP contribution in [-0.2, 0) is 4.79 Å². The number of nitrogens with zero attached hydrogens (tertiary/aromatic N) is 2. The number of carbonyl (C=O) groups excluding carboxylic acids is 2. The van der Waals surface area contributed by atoms with Crippen LogP contribution in [0.2, 0.25) is 0 Å². The van der Waals surface area contributed by atoms with Gasteiger partial charge in [-0.05, 0) is 60.0 Å². The Hall–Kier alpha value is -3.56. The first kappa shape index (κ1) is 21.7. The number of carbonyl (C=O) groups is 2. The Morgan fingerprint density at radius 3 is 2.56 bits per heavy atom. The predicted molar refractivity (Wildman–Crippen MR) is 128 cm³/mol. The SMILES string of the molecule is CC1=C(NC(=O)/C(=C\c2cccs2)NC(=O)c2cccs2)C=CC(Nc2ncccn2)C1. The van der Waals surface area contributed by atoms with E-state index in [9.17, 15) is 9.59 Å². The summed E-state index contributed by atoms with van der Waals surface area (Å²) >= 11 is 2.81. The zero-order valence-corrected chi connectivity index (χ0v) is 18.9. The third-order valence-corrected chi connectivity index (χ3v) is 6.37. The highest BCUT2D eigenvalue weighted by atomic mass is 32.1. The molecular formula is C23H21N5O2S2. The van der Waals surface area contributed by atoms with Gasteiger partial charge in [0.1, 0.15) is 5.70 Å². The molecular weight excluding hydrogens is 442 g/mol. The highest BCUT2D eigenvalue weighted by Crippen LogP contribution is 2.20. The molecule has 1 atom stereocenters. The fourth-order valence-corrected chi connectivity index (χ4v) is 4.38. The van der Waals surface area contributed by atoms with Crippen LogP contribution in [-0.4, -0.2) is 27.8 Å². The van der Waals surface area contributed by atoms with Gasteiger partial charge in [-0.2, -0.15) is 0 Å². The van der Waals surface area contributed by atoms with Gasteiger partial charge in [-0.3, -0.25) is 9.59 Å². The number of hydrogen-bond donors (Lipinski definition) is 3. The summed E-state index contributed by atoms with van der Waals surface area (Å²) in [5, 5.41) is 12.7. The van der Waals surface area contributed by atoms with Crippen molar-refractivity contribution < 1.29 is 9.59 Å². The number of allylic oxidation sites excluding steroid dienone is 1. The van der Waals surface area contributed by atoms with Crippen LogP contribution in [0, 0.1) is 0 Å². The quantitative estimate of drug-likeness (QED) is 0.457. The van der Waals surface area contributed by atoms with Crippen molar-refractivity contribution in [3.05, 3.63) is 92.4 Å². The van der Waals surface area contributed by atoms with Gasteiger partial charge in [0.15, 0.2) is 0 Å². The van der Waals surface area contributed by atoms with Gasteiger partial charge in [0.05, 0.1) is 10.9 Å². The monoisotopic (exact) mass is 463 g/mol. The van der Waals surface area contributed by atoms with Gasteiger partial charge in [-0.25, -0.2) is 9.97 Å². The molecule has 1 aliphatic carbocycles. The Morgan fingerprint density at radius 1 is 1.09 bits per heavy atom. The number of aromatic nitrogens is 2. The summed E-state index contributed by atoms with van der Waals surface area (Å²) in [7, 11) is 0. The fraction of sp³-hybridized carbons (Fsp3) is 0.130. The first-order chi connectivity index (χ1) is 15.6. The van der Waals surface area contributed by atoms with Crippen molar-refractivity contribution in [2.24, 2.45) is 0 Å². The number of amides is 2. The van der Waals surface area contributed by atoms with E-state index < -0.39 is 0 Å². The maximum atomic E-state index is 13.1. The van der Waals surface area contributed by atoms with E-state index in [1.54, 1.807) is 36.7 Å². The standard InChI is InChI=1S/C23H21N5O2S2/c1-15-13-16(26-23-24-9-4-10-25-23)7-8-18(15)27-21(29)19(14-17-5-2-11-31-17)28-22(30)20-6-3-12-32-20/h2-12,14,16H,13H2,1H3,(H,27,29)(H,28,30)(H,24,25,26)/b19-14+. The molecule has 3 heterocycles. The second-order valence-corrected chi connectivity index (χ2v) is 8.97. The molecule has 7 nitrogen and oxygen atoms in total. The van der Waals surface area contributed by atoms with Gasteiger partial charge in [0.25, 0.3) is 11.8 Å². The summed E-state index contributed by atoms with van der Waals surface area (Å²) in [5.41, 5.74) is 1.91. The van der Waals surface area contributed by atoms with Gasteiger partial charge >= 0.3 is 0 Å². The van der Waals surface area contributed by atoms with Crippen molar-refractivity contribution in [1.82, 2.24) is 20.6 Å². The van der Waals surface area contributed by atoms with E-state index in [2.05, 4.69) is 25.9 Å². The maximum absolute atomic E-state index is 13.1. The molecule has 0 saturated heterocycles. The van der Waals surface area contributed by atoms with E-state index in [-0.39, 0.29) is 23.6 Å². The van der Waals surface area contributed by atoms with Crippen LogP contribution in [0.15, 0.2) is 82.6 Å². The third-order valence-electron chi connectivity index (χ3n) is 4.68. The molecule has 1 unspecified atom stereocenters. The van der Waals surface area contributed by atoms with Gasteiger partial charge in [0, 0.05) is 23.0 Å². The summed E-state index contributed by atoms with van der Waals surface area (Å²) in [6.45, 7) is 1.96. The summed E-state index contributed by atoms with van der Waals surface area (Å²) in [6, 6.07) is 9.10. The molecule has 2 amide bonds. The lowest BCUT2D eigenvalue weighted by molar-refractivity contribution is -0.117. The molecule has 0 bridgehead atoms. The summed E-state index contributed by atoms with van der Waals surface area (Å²) in [5.74, 6) is -0.130. The molecule has 0 radical (unpaired) electrons. The van der Waals surface area contributed by atoms with E-state index in [0.29, 0.717) is 22.9 Å². The second kappa shape index (κ2) is 10.2. The van der Waals surface area contributed by atoms with E-state index in [4.69, 9.17) is 0 Å². The summed E-state index contributed by atoms with van der Waals surface area (Å²) in [4.78, 5) is 35.4. The molecule has 1 aliphatic rings. The molecule has 0 aliphatic heterocycles. The van der Waals surface area contributed by atoms with E-state index in [1.165, 1.54) is 22.7 Å². The normalized spacial score (nSPS) is 16.0. The molecule has 0 saturated carbocycles. The predicted octanol–water partition coefficient (Wildman–Crippen LogP) is 4.20. The highest BCUT2D eigenvalue weighted by molar-refractivity contribution is 7.12. The molecule has 0 spiro atoms. The summed E-state index contributed by atoms with van der Waals surface area (Å²) < 4.78 is 0. The average Bonchev–Trinajstić information content (AvgIpc) is 3.50. The van der Waals surface area contributed by atoms with Crippen LogP contribution in [0.25, 0.3) is 6.08 Å². The zero-order chi connectivity index (χ0) is 22.3. The Balaban J connectivity index is 1.46. The number of hydrogen-bond acceptors (Lipinski definition) is 7. The minimum absolute atomic E-state index is 0.0257. The lowest BCUT2D eigenvalue weighted by Gasteiger charge is -2.22. The van der Waals surface area contributed by atoms with Crippen LogP contribution >= 0.6 is 22.7 Å². The molecule has 9 heteroatoms. The van der Waals surface area contributed by atoms with Gasteiger partial charge in [0.2, 0.25) is 5.95 Å². The molecule has 3 N–H and O–H groups in total. The maximum Gasteiger partial charge on any atom is 0.272 e. The smallest absolute Gasteiger partial charge is 0.272 e. The number of nitrogens with one attached hydrogen (secondary N) is 3. The number of rotatable bonds is 7. The minimum atomic E-state index is -0.375. The molecule has 3 aromatic heterocycles. The lowest BCUT2D eigenvalue weighted by Crippen LogP contribution is -2.35. The largest absolute Gasteiger partial charge is 0.348 e. The van der Waals surface area contributed by atoms with Crippen molar-refractivity contribution in [2.45, 2.75) is 19.4 Å².